The number of methoxy groups -OCH3 is 1. The number of hydrogen-bond donors (Lipinski definition) is 0. The van der Waals surface area contributed by atoms with Gasteiger partial charge in [0.05, 0.1) is 12.2 Å². The molecule has 0 saturated heterocycles. The SMILES string of the molecule is COC1OCC=C2OC(=O)C=C21. The summed E-state index contributed by atoms with van der Waals surface area (Å²) in [5, 5.41) is 0. The van der Waals surface area contributed by atoms with Gasteiger partial charge < -0.3 is 14.2 Å². The second-order valence-electron chi connectivity index (χ2n) is 2.49. The van der Waals surface area contributed by atoms with E-state index in [1.165, 1.54) is 13.2 Å². The Bertz CT molecular complexity index is 277. The molecule has 0 amide bonds. The van der Waals surface area contributed by atoms with Crippen LogP contribution in [-0.4, -0.2) is 26.0 Å². The summed E-state index contributed by atoms with van der Waals surface area (Å²) in [4.78, 5) is 10.8. The van der Waals surface area contributed by atoms with Crippen LogP contribution in [-0.2, 0) is 19.0 Å². The molecular weight excluding hydrogens is 160 g/mol. The first-order valence-corrected chi connectivity index (χ1v) is 3.59. The quantitative estimate of drug-likeness (QED) is 0.530. The number of carbonyl (C=O) groups is 1. The van der Waals surface area contributed by atoms with Crippen molar-refractivity contribution in [2.75, 3.05) is 13.7 Å². The Hall–Kier alpha value is -1.13. The lowest BCUT2D eigenvalue weighted by Gasteiger charge is -2.20. The van der Waals surface area contributed by atoms with Crippen molar-refractivity contribution in [1.29, 1.82) is 0 Å². The molecule has 4 heteroatoms. The highest BCUT2D eigenvalue weighted by Gasteiger charge is 2.30. The largest absolute Gasteiger partial charge is 0.423 e. The van der Waals surface area contributed by atoms with Gasteiger partial charge in [-0.15, -0.1) is 0 Å². The minimum absolute atomic E-state index is 0.358. The van der Waals surface area contributed by atoms with Gasteiger partial charge in [-0.2, -0.15) is 0 Å². The Balaban J connectivity index is 2.31. The summed E-state index contributed by atoms with van der Waals surface area (Å²) < 4.78 is 15.0. The Kier molecular flexibility index (Phi) is 1.71. The maximum atomic E-state index is 10.8. The molecule has 0 bridgehead atoms. The zero-order chi connectivity index (χ0) is 8.55. The van der Waals surface area contributed by atoms with Crippen LogP contribution in [0.25, 0.3) is 0 Å². The number of rotatable bonds is 1. The van der Waals surface area contributed by atoms with Crippen molar-refractivity contribution in [1.82, 2.24) is 0 Å². The lowest BCUT2D eigenvalue weighted by molar-refractivity contribution is -0.132. The van der Waals surface area contributed by atoms with Crippen LogP contribution in [0.15, 0.2) is 23.5 Å². The van der Waals surface area contributed by atoms with Crippen LogP contribution in [0.1, 0.15) is 0 Å². The van der Waals surface area contributed by atoms with Crippen molar-refractivity contribution in [3.63, 3.8) is 0 Å². The molecule has 2 aliphatic heterocycles. The van der Waals surface area contributed by atoms with Gasteiger partial charge in [0.15, 0.2) is 6.29 Å². The van der Waals surface area contributed by atoms with Gasteiger partial charge in [-0.25, -0.2) is 4.79 Å². The molecule has 2 rings (SSSR count). The molecule has 1 atom stereocenters. The normalized spacial score (nSPS) is 27.4. The van der Waals surface area contributed by atoms with Gasteiger partial charge >= 0.3 is 5.97 Å². The van der Waals surface area contributed by atoms with E-state index in [0.717, 1.165) is 0 Å². The third kappa shape index (κ3) is 1.05. The van der Waals surface area contributed by atoms with E-state index in [1.807, 2.05) is 0 Å². The molecule has 0 aromatic carbocycles. The number of esters is 1. The average Bonchev–Trinajstić information content (AvgIpc) is 2.44. The zero-order valence-corrected chi connectivity index (χ0v) is 6.57. The van der Waals surface area contributed by atoms with E-state index < -0.39 is 6.29 Å². The van der Waals surface area contributed by atoms with Crippen LogP contribution in [0, 0.1) is 0 Å². The van der Waals surface area contributed by atoms with Gasteiger partial charge in [0.25, 0.3) is 0 Å². The third-order valence-electron chi connectivity index (χ3n) is 1.75. The Morgan fingerprint density at radius 3 is 3.25 bits per heavy atom. The van der Waals surface area contributed by atoms with Gasteiger partial charge in [-0.3, -0.25) is 0 Å². The van der Waals surface area contributed by atoms with Gasteiger partial charge in [-0.1, -0.05) is 0 Å². The molecule has 64 valence electrons. The fourth-order valence-electron chi connectivity index (χ4n) is 1.23. The van der Waals surface area contributed by atoms with E-state index in [1.54, 1.807) is 6.08 Å². The van der Waals surface area contributed by atoms with Crippen molar-refractivity contribution in [3.05, 3.63) is 23.5 Å². The van der Waals surface area contributed by atoms with E-state index in [-0.39, 0.29) is 5.97 Å². The highest BCUT2D eigenvalue weighted by molar-refractivity contribution is 5.88. The molecular formula is C8H8O4. The lowest BCUT2D eigenvalue weighted by atomic mass is 10.2. The van der Waals surface area contributed by atoms with Crippen molar-refractivity contribution < 1.29 is 19.0 Å². The van der Waals surface area contributed by atoms with E-state index in [4.69, 9.17) is 14.2 Å². The van der Waals surface area contributed by atoms with Crippen LogP contribution in [0.3, 0.4) is 0 Å². The number of hydrogen-bond acceptors (Lipinski definition) is 4. The zero-order valence-electron chi connectivity index (χ0n) is 6.57. The predicted molar refractivity (Wildman–Crippen MR) is 39.0 cm³/mol. The van der Waals surface area contributed by atoms with E-state index in [0.29, 0.717) is 17.9 Å². The topological polar surface area (TPSA) is 44.8 Å². The Morgan fingerprint density at radius 1 is 1.67 bits per heavy atom. The smallest absolute Gasteiger partial charge is 0.336 e. The van der Waals surface area contributed by atoms with Gasteiger partial charge in [0.1, 0.15) is 5.76 Å². The number of carbonyl (C=O) groups excluding carboxylic acids is 1. The average molecular weight is 168 g/mol. The second kappa shape index (κ2) is 2.73. The highest BCUT2D eigenvalue weighted by Crippen LogP contribution is 2.27. The standard InChI is InChI=1S/C8H8O4/c1-10-8-5-4-7(9)12-6(5)2-3-11-8/h2,4,8H,3H2,1H3. The molecule has 0 N–H and O–H groups in total. The van der Waals surface area contributed by atoms with Gasteiger partial charge in [-0.05, 0) is 6.08 Å². The van der Waals surface area contributed by atoms with Crippen molar-refractivity contribution >= 4 is 5.97 Å². The predicted octanol–water partition coefficient (Wildman–Crippen LogP) is 0.356. The molecule has 0 aliphatic carbocycles. The fraction of sp³-hybridized carbons (Fsp3) is 0.375. The third-order valence-corrected chi connectivity index (χ3v) is 1.75. The monoisotopic (exact) mass is 168 g/mol. The summed E-state index contributed by atoms with van der Waals surface area (Å²) in [7, 11) is 1.53. The molecule has 0 aromatic heterocycles. The summed E-state index contributed by atoms with van der Waals surface area (Å²) in [6.07, 6.45) is 2.64. The van der Waals surface area contributed by atoms with E-state index >= 15 is 0 Å². The van der Waals surface area contributed by atoms with Crippen molar-refractivity contribution in [2.45, 2.75) is 6.29 Å². The number of ether oxygens (including phenoxy) is 3. The second-order valence-corrected chi connectivity index (χ2v) is 2.49. The van der Waals surface area contributed by atoms with Crippen LogP contribution in [0.4, 0.5) is 0 Å². The van der Waals surface area contributed by atoms with Crippen LogP contribution in [0.2, 0.25) is 0 Å². The van der Waals surface area contributed by atoms with Crippen molar-refractivity contribution in [2.24, 2.45) is 0 Å². The van der Waals surface area contributed by atoms with Gasteiger partial charge in [0.2, 0.25) is 0 Å². The molecule has 2 heterocycles. The minimum Gasteiger partial charge on any atom is -0.423 e. The maximum Gasteiger partial charge on any atom is 0.336 e. The van der Waals surface area contributed by atoms with Crippen LogP contribution in [0.5, 0.6) is 0 Å². The fourth-order valence-corrected chi connectivity index (χ4v) is 1.23. The van der Waals surface area contributed by atoms with Gasteiger partial charge in [0, 0.05) is 13.2 Å². The maximum absolute atomic E-state index is 10.8. The molecule has 2 aliphatic rings. The molecule has 0 saturated carbocycles. The number of fused-ring (bicyclic) bond motifs is 1. The Labute approximate surface area is 69.4 Å². The molecule has 1 unspecified atom stereocenters. The Morgan fingerprint density at radius 2 is 2.50 bits per heavy atom. The van der Waals surface area contributed by atoms with Crippen LogP contribution < -0.4 is 0 Å². The molecule has 12 heavy (non-hydrogen) atoms. The highest BCUT2D eigenvalue weighted by atomic mass is 16.7. The summed E-state index contributed by atoms with van der Waals surface area (Å²) in [5.74, 6) is 0.210. The van der Waals surface area contributed by atoms with E-state index in [9.17, 15) is 4.79 Å². The summed E-state index contributed by atoms with van der Waals surface area (Å²) in [5.41, 5.74) is 0.675. The summed E-state index contributed by atoms with van der Waals surface area (Å²) >= 11 is 0. The molecule has 0 aromatic rings. The summed E-state index contributed by atoms with van der Waals surface area (Å²) in [6, 6.07) is 0. The molecule has 0 spiro atoms. The van der Waals surface area contributed by atoms with E-state index in [2.05, 4.69) is 0 Å². The lowest BCUT2D eigenvalue weighted by Crippen LogP contribution is -2.22. The first kappa shape index (κ1) is 7.52. The minimum atomic E-state index is -0.462. The molecule has 4 nitrogen and oxygen atoms in total. The van der Waals surface area contributed by atoms with Crippen molar-refractivity contribution in [3.8, 4) is 0 Å². The first-order chi connectivity index (χ1) is 5.81. The first-order valence-electron chi connectivity index (χ1n) is 3.59. The summed E-state index contributed by atoms with van der Waals surface area (Å²) in [6.45, 7) is 0.415. The van der Waals surface area contributed by atoms with Crippen LogP contribution >= 0.6 is 0 Å². The molecule has 0 radical (unpaired) electrons. The molecule has 0 fully saturated rings.